The summed E-state index contributed by atoms with van der Waals surface area (Å²) in [4.78, 5) is 4.08. The Morgan fingerprint density at radius 2 is 1.87 bits per heavy atom. The maximum absolute atomic E-state index is 15.3. The number of rotatable bonds is 10. The minimum Gasteiger partial charge on any atom is -0.497 e. The lowest BCUT2D eigenvalue weighted by atomic mass is 9.88. The van der Waals surface area contributed by atoms with Gasteiger partial charge in [-0.15, -0.1) is 0 Å². The van der Waals surface area contributed by atoms with Crippen molar-refractivity contribution < 1.29 is 31.1 Å². The SMILES string of the molecule is COc1ccc(CN2CCCCN=S2(=O)C[C@](C[S@@](=O)C(C)(C)C)(c2nc(Br)ccc2F)C(F)F)c(OC)c1. The molecule has 1 aliphatic heterocycles. The van der Waals surface area contributed by atoms with Crippen LogP contribution in [0.4, 0.5) is 13.2 Å². The number of hydrogen-bond acceptors (Lipinski definition) is 6. The lowest BCUT2D eigenvalue weighted by Gasteiger charge is -2.37. The fourth-order valence-electron chi connectivity index (χ4n) is 4.28. The second kappa shape index (κ2) is 12.9. The fourth-order valence-corrected chi connectivity index (χ4v) is 8.63. The molecule has 1 unspecified atom stereocenters. The third-order valence-corrected chi connectivity index (χ3v) is 11.8. The Bertz CT molecular complexity index is 1320. The molecule has 1 aliphatic rings. The van der Waals surface area contributed by atoms with Crippen LogP contribution in [0.3, 0.4) is 0 Å². The number of pyridine rings is 1. The van der Waals surface area contributed by atoms with E-state index < -0.39 is 60.3 Å². The van der Waals surface area contributed by atoms with Crippen molar-refractivity contribution in [1.29, 1.82) is 0 Å². The molecular formula is C26H35BrF3N3O4S2. The molecule has 3 rings (SSSR count). The molecular weight excluding hydrogens is 619 g/mol. The molecule has 13 heteroatoms. The van der Waals surface area contributed by atoms with Crippen LogP contribution in [-0.2, 0) is 32.7 Å². The Morgan fingerprint density at radius 1 is 1.15 bits per heavy atom. The quantitative estimate of drug-likeness (QED) is 0.306. The van der Waals surface area contributed by atoms with Gasteiger partial charge in [-0.25, -0.2) is 31.0 Å². The topological polar surface area (TPSA) is 81.1 Å². The number of ether oxygens (including phenoxy) is 2. The second-order valence-corrected chi connectivity index (χ2v) is 15.7. The van der Waals surface area contributed by atoms with E-state index in [9.17, 15) is 8.42 Å². The minimum absolute atomic E-state index is 0.0889. The smallest absolute Gasteiger partial charge is 0.251 e. The van der Waals surface area contributed by atoms with E-state index in [1.54, 1.807) is 43.3 Å². The van der Waals surface area contributed by atoms with E-state index in [0.717, 1.165) is 6.07 Å². The number of aromatic nitrogens is 1. The second-order valence-electron chi connectivity index (χ2n) is 10.4. The molecule has 0 fully saturated rings. The van der Waals surface area contributed by atoms with Gasteiger partial charge >= 0.3 is 0 Å². The molecule has 0 N–H and O–H groups in total. The van der Waals surface area contributed by atoms with E-state index in [1.807, 2.05) is 0 Å². The first-order valence-electron chi connectivity index (χ1n) is 12.4. The normalized spacial score (nSPS) is 21.1. The van der Waals surface area contributed by atoms with Crippen molar-refractivity contribution in [3.63, 3.8) is 0 Å². The van der Waals surface area contributed by atoms with E-state index >= 15 is 13.2 Å². The molecule has 0 saturated carbocycles. The predicted octanol–water partition coefficient (Wildman–Crippen LogP) is 5.73. The molecule has 218 valence electrons. The molecule has 3 atom stereocenters. The summed E-state index contributed by atoms with van der Waals surface area (Å²) in [7, 11) is -2.37. The number of alkyl halides is 2. The van der Waals surface area contributed by atoms with Crippen LogP contribution in [0.1, 0.15) is 44.9 Å². The molecule has 39 heavy (non-hydrogen) atoms. The van der Waals surface area contributed by atoms with Crippen LogP contribution in [0.25, 0.3) is 0 Å². The lowest BCUT2D eigenvalue weighted by Crippen LogP contribution is -2.51. The highest BCUT2D eigenvalue weighted by molar-refractivity contribution is 9.10. The van der Waals surface area contributed by atoms with Crippen molar-refractivity contribution in [1.82, 2.24) is 9.29 Å². The van der Waals surface area contributed by atoms with Gasteiger partial charge in [-0.3, -0.25) is 4.21 Å². The van der Waals surface area contributed by atoms with Crippen molar-refractivity contribution in [3.8, 4) is 11.5 Å². The highest BCUT2D eigenvalue weighted by atomic mass is 79.9. The van der Waals surface area contributed by atoms with Gasteiger partial charge in [0.1, 0.15) is 37.2 Å². The Kier molecular flexibility index (Phi) is 10.5. The summed E-state index contributed by atoms with van der Waals surface area (Å²) in [5, 5.41) is 0. The van der Waals surface area contributed by atoms with E-state index in [4.69, 9.17) is 9.47 Å². The van der Waals surface area contributed by atoms with Gasteiger partial charge in [-0.1, -0.05) is 6.07 Å². The first-order chi connectivity index (χ1) is 18.3. The molecule has 2 aromatic rings. The van der Waals surface area contributed by atoms with Crippen molar-refractivity contribution >= 4 is 36.6 Å². The van der Waals surface area contributed by atoms with Gasteiger partial charge in [0, 0.05) is 52.6 Å². The van der Waals surface area contributed by atoms with Crippen LogP contribution in [0.2, 0.25) is 0 Å². The average molecular weight is 655 g/mol. The summed E-state index contributed by atoms with van der Waals surface area (Å²) in [6, 6.07) is 7.50. The third-order valence-electron chi connectivity index (χ3n) is 6.57. The van der Waals surface area contributed by atoms with Crippen LogP contribution in [-0.4, -0.2) is 67.7 Å². The Morgan fingerprint density at radius 3 is 2.49 bits per heavy atom. The fraction of sp³-hybridized carbons (Fsp3) is 0.577. The van der Waals surface area contributed by atoms with Crippen molar-refractivity contribution in [2.24, 2.45) is 4.36 Å². The van der Waals surface area contributed by atoms with Crippen LogP contribution in [0.5, 0.6) is 11.5 Å². The Balaban J connectivity index is 2.18. The number of halogens is 4. The summed E-state index contributed by atoms with van der Waals surface area (Å²) < 4.78 is 89.9. The summed E-state index contributed by atoms with van der Waals surface area (Å²) in [5.41, 5.74) is -2.34. The lowest BCUT2D eigenvalue weighted by molar-refractivity contribution is 0.0682. The number of methoxy groups -OCH3 is 2. The van der Waals surface area contributed by atoms with Crippen LogP contribution in [0.15, 0.2) is 39.3 Å². The maximum atomic E-state index is 15.3. The molecule has 0 aliphatic carbocycles. The third kappa shape index (κ3) is 7.34. The molecule has 1 aromatic carbocycles. The molecule has 7 nitrogen and oxygen atoms in total. The molecule has 0 bridgehead atoms. The van der Waals surface area contributed by atoms with Gasteiger partial charge in [0.25, 0.3) is 6.43 Å². The van der Waals surface area contributed by atoms with Gasteiger partial charge < -0.3 is 9.47 Å². The van der Waals surface area contributed by atoms with Crippen molar-refractivity contribution in [2.45, 2.75) is 56.7 Å². The first kappa shape index (κ1) is 31.8. The zero-order valence-electron chi connectivity index (χ0n) is 22.7. The molecule has 0 spiro atoms. The summed E-state index contributed by atoms with van der Waals surface area (Å²) in [6.45, 7) is 5.57. The molecule has 0 amide bonds. The zero-order valence-corrected chi connectivity index (χ0v) is 25.9. The Labute approximate surface area is 239 Å². The van der Waals surface area contributed by atoms with Gasteiger partial charge in [-0.2, -0.15) is 0 Å². The van der Waals surface area contributed by atoms with Crippen molar-refractivity contribution in [2.75, 3.05) is 38.8 Å². The summed E-state index contributed by atoms with van der Waals surface area (Å²) in [5.74, 6) is -1.31. The molecule has 2 heterocycles. The molecule has 0 radical (unpaired) electrons. The summed E-state index contributed by atoms with van der Waals surface area (Å²) in [6.07, 6.45) is -1.97. The van der Waals surface area contributed by atoms with Crippen LogP contribution >= 0.6 is 15.9 Å². The summed E-state index contributed by atoms with van der Waals surface area (Å²) >= 11 is 3.15. The van der Waals surface area contributed by atoms with E-state index in [0.29, 0.717) is 36.4 Å². The van der Waals surface area contributed by atoms with Crippen LogP contribution < -0.4 is 9.47 Å². The first-order valence-corrected chi connectivity index (χ1v) is 16.2. The number of nitrogens with zero attached hydrogens (tertiary/aromatic N) is 3. The van der Waals surface area contributed by atoms with E-state index in [-0.39, 0.29) is 17.7 Å². The van der Waals surface area contributed by atoms with Gasteiger partial charge in [0.2, 0.25) is 0 Å². The van der Waals surface area contributed by atoms with Gasteiger partial charge in [0.05, 0.1) is 25.7 Å². The maximum Gasteiger partial charge on any atom is 0.251 e. The van der Waals surface area contributed by atoms with Crippen molar-refractivity contribution in [3.05, 3.63) is 52.0 Å². The monoisotopic (exact) mass is 653 g/mol. The predicted molar refractivity (Wildman–Crippen MR) is 152 cm³/mol. The minimum atomic E-state index is -3.54. The Hall–Kier alpha value is -1.70. The molecule has 1 aromatic heterocycles. The van der Waals surface area contributed by atoms with Crippen LogP contribution in [0, 0.1) is 5.82 Å². The number of hydrogen-bond donors (Lipinski definition) is 0. The largest absolute Gasteiger partial charge is 0.497 e. The standard InChI is InChI=1S/C26H35BrF3N3O4S2/c1-25(2,3)38(34)16-26(24(29)30,23-20(28)10-11-22(27)32-23)17-39(35)31-12-6-7-13-33(39)15-18-8-9-19(36-4)14-21(18)37-5/h8-11,14,24H,6-7,12-13,15-17H2,1-5H3/t26-,38-,39?/m1/s1. The zero-order chi connectivity index (χ0) is 29.0. The van der Waals surface area contributed by atoms with Gasteiger partial charge in [0.15, 0.2) is 0 Å². The number of benzene rings is 1. The highest BCUT2D eigenvalue weighted by Gasteiger charge is 2.51. The average Bonchev–Trinajstić information content (AvgIpc) is 3.05. The van der Waals surface area contributed by atoms with E-state index in [1.165, 1.54) is 20.3 Å². The van der Waals surface area contributed by atoms with E-state index in [2.05, 4.69) is 25.3 Å². The molecule has 0 saturated heterocycles. The van der Waals surface area contributed by atoms with Gasteiger partial charge in [-0.05, 0) is 67.7 Å². The highest BCUT2D eigenvalue weighted by Crippen LogP contribution is 2.39.